The first kappa shape index (κ1) is 21.5. The van der Waals surface area contributed by atoms with Crippen molar-refractivity contribution in [3.8, 4) is 0 Å². The molecule has 0 bridgehead atoms. The average Bonchev–Trinajstić information content (AvgIpc) is 2.82. The van der Waals surface area contributed by atoms with Crippen molar-refractivity contribution in [2.75, 3.05) is 0 Å². The molecule has 0 amide bonds. The van der Waals surface area contributed by atoms with Gasteiger partial charge in [0.25, 0.3) is 0 Å². The fourth-order valence-electron chi connectivity index (χ4n) is 7.45. The minimum absolute atomic E-state index is 0. The Bertz CT molecular complexity index is 640. The van der Waals surface area contributed by atoms with E-state index in [-0.39, 0.29) is 46.5 Å². The van der Waals surface area contributed by atoms with Gasteiger partial charge in [-0.2, -0.15) is 0 Å². The molecule has 7 heteroatoms. The molecule has 0 aromatic rings. The van der Waals surface area contributed by atoms with Crippen LogP contribution in [0.4, 0.5) is 0 Å². The molecule has 4 saturated carbocycles. The van der Waals surface area contributed by atoms with Gasteiger partial charge in [0.15, 0.2) is 0 Å². The first-order valence-corrected chi connectivity index (χ1v) is 11.3. The summed E-state index contributed by atoms with van der Waals surface area (Å²) in [5.41, 5.74) is 0.325. The molecule has 4 fully saturated rings. The summed E-state index contributed by atoms with van der Waals surface area (Å²) in [5, 5.41) is 10.5. The SMILES string of the molecule is C[C@]12CC[C@H]3[C@@H](CCC4C[C@H](OS(=O)(=O)[O-])CC[C@@]43C)[C@@H]1CC[C@H]2O.[Na+]. The Morgan fingerprint density at radius 1 is 0.962 bits per heavy atom. The molecule has 0 aromatic heterocycles. The molecule has 0 aliphatic heterocycles. The van der Waals surface area contributed by atoms with Crippen LogP contribution in [0, 0.1) is 34.5 Å². The maximum atomic E-state index is 11.0. The van der Waals surface area contributed by atoms with Gasteiger partial charge < -0.3 is 9.66 Å². The normalized spacial score (nSPS) is 50.9. The monoisotopic (exact) mass is 394 g/mol. The average molecular weight is 395 g/mol. The number of aliphatic hydroxyl groups is 1. The smallest absolute Gasteiger partial charge is 0.726 e. The standard InChI is InChI=1S/C19H32O5S.Na/c1-18-9-7-13(24-25(21,22)23)11-12(18)3-4-14-15-5-6-17(20)19(15,2)10-8-16(14)18;/h12-17,20H,3-11H2,1-2H3,(H,21,22,23);/q;+1/p-1/t12?,13-,14+,15+,16+,17-,18+,19+;/m1./s1. The van der Waals surface area contributed by atoms with Gasteiger partial charge in [-0.3, -0.25) is 4.18 Å². The van der Waals surface area contributed by atoms with Crippen molar-refractivity contribution >= 4 is 10.4 Å². The van der Waals surface area contributed by atoms with Crippen LogP contribution in [0.25, 0.3) is 0 Å². The molecule has 8 atom stereocenters. The molecule has 26 heavy (non-hydrogen) atoms. The van der Waals surface area contributed by atoms with Crippen LogP contribution < -0.4 is 29.6 Å². The maximum absolute atomic E-state index is 11.0. The molecule has 4 aliphatic carbocycles. The van der Waals surface area contributed by atoms with Crippen molar-refractivity contribution in [1.82, 2.24) is 0 Å². The van der Waals surface area contributed by atoms with E-state index in [0.29, 0.717) is 36.5 Å². The molecule has 144 valence electrons. The summed E-state index contributed by atoms with van der Waals surface area (Å²) < 4.78 is 37.7. The number of hydrogen-bond donors (Lipinski definition) is 1. The van der Waals surface area contributed by atoms with Crippen LogP contribution in [0.1, 0.15) is 71.6 Å². The van der Waals surface area contributed by atoms with Crippen molar-refractivity contribution < 1.29 is 51.8 Å². The number of aliphatic hydroxyl groups excluding tert-OH is 1. The molecule has 0 radical (unpaired) electrons. The molecular formula is C19H31NaO5S. The molecule has 1 unspecified atom stereocenters. The minimum atomic E-state index is -4.61. The number of fused-ring (bicyclic) bond motifs is 5. The van der Waals surface area contributed by atoms with Crippen LogP contribution in [-0.2, 0) is 14.6 Å². The zero-order chi connectivity index (χ0) is 18.0. The van der Waals surface area contributed by atoms with Gasteiger partial charge in [0.2, 0.25) is 10.4 Å². The summed E-state index contributed by atoms with van der Waals surface area (Å²) in [6, 6.07) is 0. The van der Waals surface area contributed by atoms with E-state index in [1.807, 2.05) is 0 Å². The largest absolute Gasteiger partial charge is 1.00 e. The summed E-state index contributed by atoms with van der Waals surface area (Å²) in [6.07, 6.45) is 8.40. The van der Waals surface area contributed by atoms with Crippen molar-refractivity contribution in [2.24, 2.45) is 34.5 Å². The van der Waals surface area contributed by atoms with E-state index < -0.39 is 16.5 Å². The quantitative estimate of drug-likeness (QED) is 0.412. The first-order valence-electron chi connectivity index (χ1n) is 9.96. The topological polar surface area (TPSA) is 86.7 Å². The van der Waals surface area contributed by atoms with Gasteiger partial charge in [-0.1, -0.05) is 13.8 Å². The van der Waals surface area contributed by atoms with E-state index >= 15 is 0 Å². The fraction of sp³-hybridized carbons (Fsp3) is 1.00. The van der Waals surface area contributed by atoms with Crippen molar-refractivity contribution in [2.45, 2.75) is 83.8 Å². The van der Waals surface area contributed by atoms with Gasteiger partial charge in [0.05, 0.1) is 12.2 Å². The van der Waals surface area contributed by atoms with Crippen LogP contribution in [0.2, 0.25) is 0 Å². The number of hydrogen-bond acceptors (Lipinski definition) is 5. The molecular weight excluding hydrogens is 363 g/mol. The third-order valence-electron chi connectivity index (χ3n) is 8.82. The van der Waals surface area contributed by atoms with E-state index in [2.05, 4.69) is 13.8 Å². The second-order valence-corrected chi connectivity index (χ2v) is 10.7. The second-order valence-electron chi connectivity index (χ2n) is 9.70. The van der Waals surface area contributed by atoms with Gasteiger partial charge in [0, 0.05) is 0 Å². The molecule has 0 heterocycles. The van der Waals surface area contributed by atoms with Gasteiger partial charge in [-0.05, 0) is 92.3 Å². The van der Waals surface area contributed by atoms with Crippen molar-refractivity contribution in [3.05, 3.63) is 0 Å². The first-order chi connectivity index (χ1) is 11.6. The predicted octanol–water partition coefficient (Wildman–Crippen LogP) is 0.239. The van der Waals surface area contributed by atoms with E-state index in [1.54, 1.807) is 0 Å². The van der Waals surface area contributed by atoms with Crippen LogP contribution in [-0.4, -0.2) is 30.3 Å². The van der Waals surface area contributed by atoms with E-state index in [9.17, 15) is 18.1 Å². The van der Waals surface area contributed by atoms with Gasteiger partial charge in [-0.15, -0.1) is 0 Å². The zero-order valence-electron chi connectivity index (χ0n) is 16.3. The van der Waals surface area contributed by atoms with Gasteiger partial charge in [0.1, 0.15) is 0 Å². The van der Waals surface area contributed by atoms with Gasteiger partial charge >= 0.3 is 29.6 Å². The summed E-state index contributed by atoms with van der Waals surface area (Å²) in [7, 11) is -4.61. The summed E-state index contributed by atoms with van der Waals surface area (Å²) in [5.74, 6) is 2.44. The Labute approximate surface area is 179 Å². The Kier molecular flexibility index (Phi) is 6.02. The van der Waals surface area contributed by atoms with Crippen molar-refractivity contribution in [1.29, 1.82) is 0 Å². The Hall–Kier alpha value is 0.830. The molecule has 4 aliphatic rings. The summed E-state index contributed by atoms with van der Waals surface area (Å²) in [6.45, 7) is 4.69. The van der Waals surface area contributed by atoms with Crippen molar-refractivity contribution in [3.63, 3.8) is 0 Å². The zero-order valence-corrected chi connectivity index (χ0v) is 19.1. The van der Waals surface area contributed by atoms with Crippen LogP contribution in [0.5, 0.6) is 0 Å². The minimum Gasteiger partial charge on any atom is -0.726 e. The maximum Gasteiger partial charge on any atom is 1.00 e. The van der Waals surface area contributed by atoms with E-state index in [1.165, 1.54) is 12.8 Å². The Morgan fingerprint density at radius 3 is 2.31 bits per heavy atom. The second kappa shape index (κ2) is 7.26. The van der Waals surface area contributed by atoms with E-state index in [0.717, 1.165) is 32.1 Å². The van der Waals surface area contributed by atoms with Crippen LogP contribution >= 0.6 is 0 Å². The molecule has 0 saturated heterocycles. The summed E-state index contributed by atoms with van der Waals surface area (Å²) in [4.78, 5) is 0. The molecule has 1 N–H and O–H groups in total. The summed E-state index contributed by atoms with van der Waals surface area (Å²) >= 11 is 0. The van der Waals surface area contributed by atoms with E-state index in [4.69, 9.17) is 4.18 Å². The Balaban J connectivity index is 0.00000196. The Morgan fingerprint density at radius 2 is 1.62 bits per heavy atom. The fourth-order valence-corrected chi connectivity index (χ4v) is 7.95. The predicted molar refractivity (Wildman–Crippen MR) is 92.3 cm³/mol. The third-order valence-corrected chi connectivity index (χ3v) is 9.33. The van der Waals surface area contributed by atoms with Crippen LogP contribution in [0.3, 0.4) is 0 Å². The third kappa shape index (κ3) is 3.46. The molecule has 0 spiro atoms. The molecule has 4 rings (SSSR count). The molecule has 0 aromatic carbocycles. The number of rotatable bonds is 2. The molecule has 5 nitrogen and oxygen atoms in total. The van der Waals surface area contributed by atoms with Crippen LogP contribution in [0.15, 0.2) is 0 Å². The van der Waals surface area contributed by atoms with Gasteiger partial charge in [-0.25, -0.2) is 8.42 Å².